The number of likely N-dealkylation sites (tertiary alicyclic amines) is 1. The lowest BCUT2D eigenvalue weighted by atomic mass is 10.0. The van der Waals surface area contributed by atoms with Crippen LogP contribution in [0.5, 0.6) is 0 Å². The fraction of sp³-hybridized carbons (Fsp3) is 0.588. The molecule has 0 aromatic heterocycles. The van der Waals surface area contributed by atoms with Gasteiger partial charge in [-0.25, -0.2) is 0 Å². The van der Waals surface area contributed by atoms with Gasteiger partial charge in [0.1, 0.15) is 6.04 Å². The van der Waals surface area contributed by atoms with E-state index >= 15 is 0 Å². The Balaban J connectivity index is 1.50. The molecule has 0 bridgehead atoms. The highest BCUT2D eigenvalue weighted by atomic mass is 16.2. The maximum atomic E-state index is 12.4. The highest BCUT2D eigenvalue weighted by molar-refractivity contribution is 5.87. The van der Waals surface area contributed by atoms with Crippen molar-refractivity contribution in [2.24, 2.45) is 0 Å². The number of piperidine rings is 1. The van der Waals surface area contributed by atoms with Crippen molar-refractivity contribution in [2.45, 2.75) is 51.2 Å². The Hall–Kier alpha value is -1.55. The van der Waals surface area contributed by atoms with E-state index in [4.69, 9.17) is 0 Å². The average Bonchev–Trinajstić information content (AvgIpc) is 2.92. The van der Waals surface area contributed by atoms with E-state index in [0.717, 1.165) is 38.0 Å². The van der Waals surface area contributed by atoms with E-state index < -0.39 is 0 Å². The zero-order valence-electron chi connectivity index (χ0n) is 12.9. The SMILES string of the molecule is CC(C)N1CCC(NC(=O)[C@@H]2Cc3ccccc3N2)CC1. The first-order valence-corrected chi connectivity index (χ1v) is 8.02. The second-order valence-electron chi connectivity index (χ2n) is 6.47. The zero-order valence-corrected chi connectivity index (χ0v) is 12.9. The van der Waals surface area contributed by atoms with Crippen molar-refractivity contribution >= 4 is 11.6 Å². The molecule has 114 valence electrons. The maximum Gasteiger partial charge on any atom is 0.243 e. The Kier molecular flexibility index (Phi) is 4.15. The fourth-order valence-electron chi connectivity index (χ4n) is 3.32. The monoisotopic (exact) mass is 287 g/mol. The molecule has 0 saturated carbocycles. The highest BCUT2D eigenvalue weighted by Gasteiger charge is 2.29. The number of carbonyl (C=O) groups is 1. The van der Waals surface area contributed by atoms with E-state index in [-0.39, 0.29) is 11.9 Å². The van der Waals surface area contributed by atoms with Crippen LogP contribution in [0.1, 0.15) is 32.3 Å². The summed E-state index contributed by atoms with van der Waals surface area (Å²) in [5, 5.41) is 6.56. The maximum absolute atomic E-state index is 12.4. The summed E-state index contributed by atoms with van der Waals surface area (Å²) in [5.41, 5.74) is 2.35. The molecule has 1 atom stereocenters. The molecule has 3 rings (SSSR count). The number of amides is 1. The number of fused-ring (bicyclic) bond motifs is 1. The van der Waals surface area contributed by atoms with Gasteiger partial charge in [-0.1, -0.05) is 18.2 Å². The lowest BCUT2D eigenvalue weighted by Crippen LogP contribution is -2.49. The van der Waals surface area contributed by atoms with Gasteiger partial charge in [0.2, 0.25) is 5.91 Å². The minimum absolute atomic E-state index is 0.106. The fourth-order valence-corrected chi connectivity index (χ4v) is 3.32. The molecular weight excluding hydrogens is 262 g/mol. The molecule has 0 aliphatic carbocycles. The van der Waals surface area contributed by atoms with Gasteiger partial charge in [0, 0.05) is 37.3 Å². The van der Waals surface area contributed by atoms with Crippen molar-refractivity contribution in [3.8, 4) is 0 Å². The molecule has 0 spiro atoms. The third-order valence-electron chi connectivity index (χ3n) is 4.69. The smallest absolute Gasteiger partial charge is 0.243 e. The van der Waals surface area contributed by atoms with Crippen LogP contribution in [0.4, 0.5) is 5.69 Å². The van der Waals surface area contributed by atoms with Crippen LogP contribution in [-0.4, -0.2) is 42.0 Å². The van der Waals surface area contributed by atoms with Crippen molar-refractivity contribution < 1.29 is 4.79 Å². The highest BCUT2D eigenvalue weighted by Crippen LogP contribution is 2.25. The molecule has 2 aliphatic heterocycles. The number of anilines is 1. The number of nitrogens with zero attached hydrogens (tertiary/aromatic N) is 1. The minimum Gasteiger partial charge on any atom is -0.373 e. The van der Waals surface area contributed by atoms with Crippen LogP contribution < -0.4 is 10.6 Å². The summed E-state index contributed by atoms with van der Waals surface area (Å²) >= 11 is 0. The first kappa shape index (κ1) is 14.4. The summed E-state index contributed by atoms with van der Waals surface area (Å²) in [4.78, 5) is 14.9. The Morgan fingerprint density at radius 2 is 2.00 bits per heavy atom. The minimum atomic E-state index is -0.106. The third-order valence-corrected chi connectivity index (χ3v) is 4.69. The summed E-state index contributed by atoms with van der Waals surface area (Å²) in [7, 11) is 0. The van der Waals surface area contributed by atoms with Crippen LogP contribution in [0, 0.1) is 0 Å². The van der Waals surface area contributed by atoms with Crippen molar-refractivity contribution in [3.05, 3.63) is 29.8 Å². The molecule has 4 heteroatoms. The van der Waals surface area contributed by atoms with Gasteiger partial charge < -0.3 is 15.5 Å². The van der Waals surface area contributed by atoms with E-state index in [0.29, 0.717) is 12.1 Å². The lowest BCUT2D eigenvalue weighted by Gasteiger charge is -2.35. The zero-order chi connectivity index (χ0) is 14.8. The number of carbonyl (C=O) groups excluding carboxylic acids is 1. The largest absolute Gasteiger partial charge is 0.373 e. The standard InChI is InChI=1S/C17H25N3O/c1-12(2)20-9-7-14(8-10-20)18-17(21)16-11-13-5-3-4-6-15(13)19-16/h3-6,12,14,16,19H,7-11H2,1-2H3,(H,18,21)/t16-/m0/s1. The number of rotatable bonds is 3. The van der Waals surface area contributed by atoms with Gasteiger partial charge >= 0.3 is 0 Å². The average molecular weight is 287 g/mol. The molecule has 1 aromatic carbocycles. The topological polar surface area (TPSA) is 44.4 Å². The van der Waals surface area contributed by atoms with Gasteiger partial charge in [-0.05, 0) is 38.3 Å². The lowest BCUT2D eigenvalue weighted by molar-refractivity contribution is -0.122. The van der Waals surface area contributed by atoms with Gasteiger partial charge in [0.15, 0.2) is 0 Å². The van der Waals surface area contributed by atoms with Crippen LogP contribution in [0.3, 0.4) is 0 Å². The first-order chi connectivity index (χ1) is 10.1. The van der Waals surface area contributed by atoms with Gasteiger partial charge in [-0.3, -0.25) is 4.79 Å². The Morgan fingerprint density at radius 3 is 2.67 bits per heavy atom. The number of nitrogens with one attached hydrogen (secondary N) is 2. The van der Waals surface area contributed by atoms with Crippen LogP contribution in [-0.2, 0) is 11.2 Å². The molecule has 2 heterocycles. The number of para-hydroxylation sites is 1. The van der Waals surface area contributed by atoms with Gasteiger partial charge in [0.25, 0.3) is 0 Å². The molecule has 2 aliphatic rings. The van der Waals surface area contributed by atoms with Crippen molar-refractivity contribution in [3.63, 3.8) is 0 Å². The van der Waals surface area contributed by atoms with Crippen LogP contribution in [0.15, 0.2) is 24.3 Å². The molecule has 0 unspecified atom stereocenters. The van der Waals surface area contributed by atoms with Gasteiger partial charge in [-0.2, -0.15) is 0 Å². The predicted molar refractivity (Wildman–Crippen MR) is 85.4 cm³/mol. The summed E-state index contributed by atoms with van der Waals surface area (Å²) in [6.07, 6.45) is 2.92. The quantitative estimate of drug-likeness (QED) is 0.894. The van der Waals surface area contributed by atoms with E-state index in [1.54, 1.807) is 0 Å². The van der Waals surface area contributed by atoms with E-state index in [1.165, 1.54) is 5.56 Å². The summed E-state index contributed by atoms with van der Waals surface area (Å²) in [5.74, 6) is 0.147. The molecular formula is C17H25N3O. The second-order valence-corrected chi connectivity index (χ2v) is 6.47. The third kappa shape index (κ3) is 3.21. The molecule has 1 aromatic rings. The molecule has 1 fully saturated rings. The van der Waals surface area contributed by atoms with Crippen LogP contribution >= 0.6 is 0 Å². The number of hydrogen-bond acceptors (Lipinski definition) is 3. The number of benzene rings is 1. The Morgan fingerprint density at radius 1 is 1.29 bits per heavy atom. The number of hydrogen-bond donors (Lipinski definition) is 2. The van der Waals surface area contributed by atoms with Gasteiger partial charge in [0.05, 0.1) is 0 Å². The van der Waals surface area contributed by atoms with Crippen molar-refractivity contribution in [2.75, 3.05) is 18.4 Å². The molecule has 4 nitrogen and oxygen atoms in total. The predicted octanol–water partition coefficient (Wildman–Crippen LogP) is 2.01. The van der Waals surface area contributed by atoms with Crippen LogP contribution in [0.2, 0.25) is 0 Å². The molecule has 2 N–H and O–H groups in total. The Labute approximate surface area is 126 Å². The van der Waals surface area contributed by atoms with E-state index in [1.807, 2.05) is 18.2 Å². The molecule has 21 heavy (non-hydrogen) atoms. The second kappa shape index (κ2) is 6.06. The van der Waals surface area contributed by atoms with Crippen molar-refractivity contribution in [1.82, 2.24) is 10.2 Å². The molecule has 1 amide bonds. The van der Waals surface area contributed by atoms with Crippen molar-refractivity contribution in [1.29, 1.82) is 0 Å². The Bertz CT molecular complexity index is 482. The summed E-state index contributed by atoms with van der Waals surface area (Å²) < 4.78 is 0. The summed E-state index contributed by atoms with van der Waals surface area (Å²) in [6.45, 7) is 6.64. The summed E-state index contributed by atoms with van der Waals surface area (Å²) in [6, 6.07) is 9.01. The van der Waals surface area contributed by atoms with E-state index in [2.05, 4.69) is 35.4 Å². The molecule has 0 radical (unpaired) electrons. The molecule has 1 saturated heterocycles. The normalized spacial score (nSPS) is 22.9. The van der Waals surface area contributed by atoms with E-state index in [9.17, 15) is 4.79 Å². The van der Waals surface area contributed by atoms with Crippen LogP contribution in [0.25, 0.3) is 0 Å². The first-order valence-electron chi connectivity index (χ1n) is 8.02. The van der Waals surface area contributed by atoms with Gasteiger partial charge in [-0.15, -0.1) is 0 Å².